The van der Waals surface area contributed by atoms with Crippen LogP contribution in [-0.2, 0) is 0 Å². The fourth-order valence-corrected chi connectivity index (χ4v) is 2.07. The first kappa shape index (κ1) is 16.1. The molecule has 0 radical (unpaired) electrons. The van der Waals surface area contributed by atoms with Crippen LogP contribution in [0.4, 0.5) is 4.39 Å². The number of nitrogens with zero attached hydrogens (tertiary/aromatic N) is 4. The van der Waals surface area contributed by atoms with Crippen LogP contribution in [0, 0.1) is 5.82 Å². The average molecular weight is 357 g/mol. The lowest BCUT2D eigenvalue weighted by molar-refractivity contribution is 0.217. The molecule has 1 N–H and O–H groups in total. The number of hydrogen-bond acceptors (Lipinski definition) is 8. The Morgan fingerprint density at radius 3 is 2.92 bits per heavy atom. The predicted molar refractivity (Wildman–Crippen MR) is 77.6 cm³/mol. The van der Waals surface area contributed by atoms with Crippen molar-refractivity contribution < 1.29 is 23.4 Å². The molecule has 0 atom stereocenters. The standard InChI is InChI=1S/C13H10ClFN4O5/c14-8-6-7(2-3-9(8)15)19-11(17-23-13(19)21)10-12(18-24-16-10)22-5-1-4-20/h2-3,6,20H,1,4-5H2. The summed E-state index contributed by atoms with van der Waals surface area (Å²) in [5.74, 6) is -1.55. The Morgan fingerprint density at radius 1 is 1.33 bits per heavy atom. The molecule has 126 valence electrons. The average Bonchev–Trinajstić information content (AvgIpc) is 3.17. The van der Waals surface area contributed by atoms with Gasteiger partial charge in [0.1, 0.15) is 5.82 Å². The molecule has 0 fully saturated rings. The van der Waals surface area contributed by atoms with Crippen LogP contribution in [-0.4, -0.2) is 38.4 Å². The van der Waals surface area contributed by atoms with Gasteiger partial charge in [0, 0.05) is 13.0 Å². The van der Waals surface area contributed by atoms with E-state index < -0.39 is 11.6 Å². The molecule has 0 aliphatic carbocycles. The van der Waals surface area contributed by atoms with E-state index in [0.717, 1.165) is 10.6 Å². The monoisotopic (exact) mass is 356 g/mol. The largest absolute Gasteiger partial charge is 0.474 e. The smallest absolute Gasteiger partial charge is 0.446 e. The first-order valence-corrected chi connectivity index (χ1v) is 7.10. The Labute approximate surface area is 138 Å². The van der Waals surface area contributed by atoms with Crippen LogP contribution in [0.3, 0.4) is 0 Å². The Bertz CT molecular complexity index is 906. The molecule has 0 spiro atoms. The van der Waals surface area contributed by atoms with Crippen molar-refractivity contribution in [1.82, 2.24) is 20.0 Å². The summed E-state index contributed by atoms with van der Waals surface area (Å²) in [6.07, 6.45) is 0.367. The number of rotatable bonds is 6. The number of halogens is 2. The summed E-state index contributed by atoms with van der Waals surface area (Å²) in [5.41, 5.74) is 0.228. The van der Waals surface area contributed by atoms with Crippen LogP contribution in [0.1, 0.15) is 6.42 Å². The van der Waals surface area contributed by atoms with Crippen molar-refractivity contribution in [1.29, 1.82) is 0 Å². The van der Waals surface area contributed by atoms with Gasteiger partial charge in [-0.15, -0.1) is 0 Å². The minimum absolute atomic E-state index is 0.0132. The lowest BCUT2D eigenvalue weighted by Crippen LogP contribution is -2.13. The van der Waals surface area contributed by atoms with Gasteiger partial charge in [0.05, 0.1) is 17.3 Å². The molecule has 0 aliphatic rings. The Hall–Kier alpha value is -2.72. The van der Waals surface area contributed by atoms with Gasteiger partial charge in [-0.05, 0) is 28.5 Å². The van der Waals surface area contributed by atoms with E-state index in [-0.39, 0.29) is 41.3 Å². The molecular weight excluding hydrogens is 347 g/mol. The van der Waals surface area contributed by atoms with Crippen LogP contribution < -0.4 is 10.5 Å². The molecule has 11 heteroatoms. The van der Waals surface area contributed by atoms with Crippen LogP contribution >= 0.6 is 11.6 Å². The van der Waals surface area contributed by atoms with Crippen molar-refractivity contribution >= 4 is 11.6 Å². The molecule has 0 saturated heterocycles. The highest BCUT2D eigenvalue weighted by molar-refractivity contribution is 6.30. The first-order valence-electron chi connectivity index (χ1n) is 6.72. The lowest BCUT2D eigenvalue weighted by atomic mass is 10.3. The van der Waals surface area contributed by atoms with Gasteiger partial charge in [-0.1, -0.05) is 16.8 Å². The van der Waals surface area contributed by atoms with Gasteiger partial charge < -0.3 is 9.84 Å². The third-order valence-corrected chi connectivity index (χ3v) is 3.27. The van der Waals surface area contributed by atoms with Gasteiger partial charge in [0.2, 0.25) is 11.5 Å². The third kappa shape index (κ3) is 3.01. The number of aliphatic hydroxyl groups excluding tert-OH is 1. The first-order chi connectivity index (χ1) is 11.6. The van der Waals surface area contributed by atoms with Gasteiger partial charge in [0.15, 0.2) is 0 Å². The van der Waals surface area contributed by atoms with Crippen LogP contribution in [0.5, 0.6) is 5.88 Å². The maximum Gasteiger partial charge on any atom is 0.446 e. The van der Waals surface area contributed by atoms with E-state index in [4.69, 9.17) is 21.4 Å². The van der Waals surface area contributed by atoms with Crippen molar-refractivity contribution in [3.63, 3.8) is 0 Å². The zero-order valence-electron chi connectivity index (χ0n) is 12.0. The second kappa shape index (κ2) is 6.81. The summed E-state index contributed by atoms with van der Waals surface area (Å²) in [7, 11) is 0. The zero-order chi connectivity index (χ0) is 17.1. The molecule has 0 unspecified atom stereocenters. The van der Waals surface area contributed by atoms with E-state index in [1.807, 2.05) is 0 Å². The van der Waals surface area contributed by atoms with Gasteiger partial charge in [-0.2, -0.15) is 0 Å². The van der Waals surface area contributed by atoms with E-state index in [1.165, 1.54) is 12.1 Å². The maximum absolute atomic E-state index is 13.3. The molecule has 9 nitrogen and oxygen atoms in total. The van der Waals surface area contributed by atoms with Gasteiger partial charge in [-0.3, -0.25) is 4.52 Å². The number of ether oxygens (including phenoxy) is 1. The Balaban J connectivity index is 2.04. The van der Waals surface area contributed by atoms with Gasteiger partial charge in [0.25, 0.3) is 5.88 Å². The Kier molecular flexibility index (Phi) is 4.58. The predicted octanol–water partition coefficient (Wildman–Crippen LogP) is 1.43. The normalized spacial score (nSPS) is 11.0. The summed E-state index contributed by atoms with van der Waals surface area (Å²) in [6, 6.07) is 3.66. The van der Waals surface area contributed by atoms with E-state index in [0.29, 0.717) is 6.42 Å². The van der Waals surface area contributed by atoms with E-state index in [9.17, 15) is 9.18 Å². The number of aromatic nitrogens is 4. The van der Waals surface area contributed by atoms with E-state index >= 15 is 0 Å². The molecule has 0 saturated carbocycles. The number of benzene rings is 1. The summed E-state index contributed by atoms with van der Waals surface area (Å²) >= 11 is 5.74. The van der Waals surface area contributed by atoms with E-state index in [2.05, 4.69) is 24.6 Å². The molecule has 0 aliphatic heterocycles. The second-order valence-electron chi connectivity index (χ2n) is 4.55. The lowest BCUT2D eigenvalue weighted by Gasteiger charge is -2.05. The molecule has 3 aromatic rings. The molecule has 24 heavy (non-hydrogen) atoms. The van der Waals surface area contributed by atoms with E-state index in [1.54, 1.807) is 0 Å². The highest BCUT2D eigenvalue weighted by atomic mass is 35.5. The van der Waals surface area contributed by atoms with Crippen molar-refractivity contribution in [3.8, 4) is 23.1 Å². The van der Waals surface area contributed by atoms with Crippen LogP contribution in [0.2, 0.25) is 5.02 Å². The fourth-order valence-electron chi connectivity index (χ4n) is 1.90. The molecule has 3 rings (SSSR count). The van der Waals surface area contributed by atoms with Crippen molar-refractivity contribution in [2.24, 2.45) is 0 Å². The van der Waals surface area contributed by atoms with Crippen LogP contribution in [0.15, 0.2) is 32.1 Å². The minimum Gasteiger partial charge on any atom is -0.474 e. The van der Waals surface area contributed by atoms with Crippen molar-refractivity contribution in [2.45, 2.75) is 6.42 Å². The summed E-state index contributed by atoms with van der Waals surface area (Å²) < 4.78 is 28.9. The maximum atomic E-state index is 13.3. The third-order valence-electron chi connectivity index (χ3n) is 2.98. The Morgan fingerprint density at radius 2 is 2.17 bits per heavy atom. The second-order valence-corrected chi connectivity index (χ2v) is 4.96. The van der Waals surface area contributed by atoms with Crippen molar-refractivity contribution in [2.75, 3.05) is 13.2 Å². The van der Waals surface area contributed by atoms with Crippen LogP contribution in [0.25, 0.3) is 17.2 Å². The van der Waals surface area contributed by atoms with Gasteiger partial charge in [-0.25, -0.2) is 18.4 Å². The zero-order valence-corrected chi connectivity index (χ0v) is 12.7. The highest BCUT2D eigenvalue weighted by Crippen LogP contribution is 2.27. The highest BCUT2D eigenvalue weighted by Gasteiger charge is 2.24. The fraction of sp³-hybridized carbons (Fsp3) is 0.231. The SMILES string of the molecule is O=c1onc(-c2nonc2OCCCO)n1-c1ccc(F)c(Cl)c1. The summed E-state index contributed by atoms with van der Waals surface area (Å²) in [6.45, 7) is 0.0888. The topological polar surface area (TPSA) is 116 Å². The molecule has 1 aromatic carbocycles. The minimum atomic E-state index is -0.836. The molecular formula is C13H10ClFN4O5. The quantitative estimate of drug-likeness (QED) is 0.659. The molecule has 0 amide bonds. The number of hydrogen-bond donors (Lipinski definition) is 1. The summed E-state index contributed by atoms with van der Waals surface area (Å²) in [4.78, 5) is 11.9. The molecule has 2 aromatic heterocycles. The summed E-state index contributed by atoms with van der Waals surface area (Å²) in [5, 5.41) is 19.4. The molecule has 2 heterocycles. The van der Waals surface area contributed by atoms with Gasteiger partial charge >= 0.3 is 5.76 Å². The number of aliphatic hydroxyl groups is 1. The van der Waals surface area contributed by atoms with Crippen molar-refractivity contribution in [3.05, 3.63) is 39.6 Å². The molecule has 0 bridgehead atoms.